The van der Waals surface area contributed by atoms with Crippen molar-refractivity contribution in [2.24, 2.45) is 0 Å². The van der Waals surface area contributed by atoms with Gasteiger partial charge in [-0.05, 0) is 51.4 Å². The number of nitrogens with zero attached hydrogens (tertiary/aromatic N) is 4. The highest BCUT2D eigenvalue weighted by Crippen LogP contribution is 2.21. The Hall–Kier alpha value is -1.20. The standard InChI is InChI=1S/C16H27N5/c1-3-15-12-20(2)9-4-10-21(15)16-8-7-14(18-19-16)11-17-13-5-6-13/h7-8,13,15,17H,3-6,9-12H2,1-2H3. The van der Waals surface area contributed by atoms with Crippen LogP contribution in [0.2, 0.25) is 0 Å². The summed E-state index contributed by atoms with van der Waals surface area (Å²) in [4.78, 5) is 4.87. The van der Waals surface area contributed by atoms with Gasteiger partial charge in [0, 0.05) is 31.7 Å². The second-order valence-corrected chi connectivity index (χ2v) is 6.41. The van der Waals surface area contributed by atoms with Crippen molar-refractivity contribution < 1.29 is 0 Å². The normalized spacial score (nSPS) is 24.1. The van der Waals surface area contributed by atoms with Gasteiger partial charge < -0.3 is 15.1 Å². The fourth-order valence-electron chi connectivity index (χ4n) is 3.03. The van der Waals surface area contributed by atoms with Crippen molar-refractivity contribution in [1.29, 1.82) is 0 Å². The van der Waals surface area contributed by atoms with E-state index >= 15 is 0 Å². The SMILES string of the molecule is CCC1CN(C)CCCN1c1ccc(CNC2CC2)nn1. The van der Waals surface area contributed by atoms with Crippen LogP contribution in [0.3, 0.4) is 0 Å². The van der Waals surface area contributed by atoms with Crippen molar-refractivity contribution in [3.05, 3.63) is 17.8 Å². The van der Waals surface area contributed by atoms with E-state index in [9.17, 15) is 0 Å². The molecule has 3 rings (SSSR count). The van der Waals surface area contributed by atoms with Gasteiger partial charge in [0.1, 0.15) is 0 Å². The smallest absolute Gasteiger partial charge is 0.151 e. The van der Waals surface area contributed by atoms with Crippen LogP contribution in [0.1, 0.15) is 38.3 Å². The Morgan fingerprint density at radius 3 is 2.76 bits per heavy atom. The van der Waals surface area contributed by atoms with Gasteiger partial charge in [-0.25, -0.2) is 0 Å². The van der Waals surface area contributed by atoms with Crippen LogP contribution in [0.5, 0.6) is 0 Å². The zero-order valence-electron chi connectivity index (χ0n) is 13.3. The number of nitrogens with one attached hydrogen (secondary N) is 1. The van der Waals surface area contributed by atoms with Crippen LogP contribution in [0.15, 0.2) is 12.1 Å². The van der Waals surface area contributed by atoms with Crippen molar-refractivity contribution in [2.75, 3.05) is 31.6 Å². The summed E-state index contributed by atoms with van der Waals surface area (Å²) in [7, 11) is 2.21. The Morgan fingerprint density at radius 2 is 2.10 bits per heavy atom. The average Bonchev–Trinajstić information content (AvgIpc) is 3.33. The van der Waals surface area contributed by atoms with Crippen LogP contribution in [-0.4, -0.2) is 53.9 Å². The predicted molar refractivity (Wildman–Crippen MR) is 85.4 cm³/mol. The van der Waals surface area contributed by atoms with E-state index in [1.165, 1.54) is 25.8 Å². The van der Waals surface area contributed by atoms with Gasteiger partial charge in [0.25, 0.3) is 0 Å². The molecule has 1 unspecified atom stereocenters. The lowest BCUT2D eigenvalue weighted by Crippen LogP contribution is -2.40. The molecule has 2 fully saturated rings. The molecule has 2 heterocycles. The highest BCUT2D eigenvalue weighted by atomic mass is 15.3. The molecule has 5 nitrogen and oxygen atoms in total. The van der Waals surface area contributed by atoms with E-state index in [-0.39, 0.29) is 0 Å². The Balaban J connectivity index is 1.65. The Labute approximate surface area is 127 Å². The predicted octanol–water partition coefficient (Wildman–Crippen LogP) is 1.65. The van der Waals surface area contributed by atoms with Crippen molar-refractivity contribution in [3.8, 4) is 0 Å². The maximum absolute atomic E-state index is 4.48. The highest BCUT2D eigenvalue weighted by Gasteiger charge is 2.23. The zero-order chi connectivity index (χ0) is 14.7. The van der Waals surface area contributed by atoms with E-state index in [0.29, 0.717) is 6.04 Å². The molecule has 0 bridgehead atoms. The van der Waals surface area contributed by atoms with Crippen LogP contribution in [0.25, 0.3) is 0 Å². The molecule has 0 radical (unpaired) electrons. The molecule has 0 spiro atoms. The molecule has 2 aliphatic rings. The third-order valence-corrected chi connectivity index (χ3v) is 4.52. The number of hydrogen-bond donors (Lipinski definition) is 1. The molecule has 1 aromatic heterocycles. The second kappa shape index (κ2) is 6.71. The van der Waals surface area contributed by atoms with Crippen LogP contribution in [0.4, 0.5) is 5.82 Å². The van der Waals surface area contributed by atoms with Gasteiger partial charge in [0.15, 0.2) is 5.82 Å². The molecule has 1 saturated heterocycles. The summed E-state index contributed by atoms with van der Waals surface area (Å²) < 4.78 is 0. The molecule has 1 aliphatic carbocycles. The van der Waals surface area contributed by atoms with Crippen molar-refractivity contribution >= 4 is 5.82 Å². The maximum Gasteiger partial charge on any atom is 0.151 e. The molecule has 1 atom stereocenters. The molecule has 1 aliphatic heterocycles. The van der Waals surface area contributed by atoms with E-state index in [4.69, 9.17) is 0 Å². The Kier molecular flexibility index (Phi) is 4.70. The first-order valence-electron chi connectivity index (χ1n) is 8.27. The number of hydrogen-bond acceptors (Lipinski definition) is 5. The summed E-state index contributed by atoms with van der Waals surface area (Å²) in [5.74, 6) is 1.03. The number of aromatic nitrogens is 2. The van der Waals surface area contributed by atoms with Crippen molar-refractivity contribution in [1.82, 2.24) is 20.4 Å². The van der Waals surface area contributed by atoms with Gasteiger partial charge in [-0.3, -0.25) is 0 Å². The quantitative estimate of drug-likeness (QED) is 0.893. The molecule has 0 amide bonds. The summed E-state index contributed by atoms with van der Waals surface area (Å²) in [6.45, 7) is 6.47. The first-order valence-corrected chi connectivity index (χ1v) is 8.27. The topological polar surface area (TPSA) is 44.3 Å². The first kappa shape index (κ1) is 14.7. The van der Waals surface area contributed by atoms with E-state index in [0.717, 1.165) is 43.6 Å². The zero-order valence-corrected chi connectivity index (χ0v) is 13.3. The lowest BCUT2D eigenvalue weighted by Gasteiger charge is -2.30. The Morgan fingerprint density at radius 1 is 1.24 bits per heavy atom. The molecule has 5 heteroatoms. The third kappa shape index (κ3) is 3.92. The fraction of sp³-hybridized carbons (Fsp3) is 0.750. The largest absolute Gasteiger partial charge is 0.351 e. The lowest BCUT2D eigenvalue weighted by molar-refractivity contribution is 0.327. The summed E-state index contributed by atoms with van der Waals surface area (Å²) in [5.41, 5.74) is 1.05. The van der Waals surface area contributed by atoms with Crippen LogP contribution in [-0.2, 0) is 6.54 Å². The second-order valence-electron chi connectivity index (χ2n) is 6.41. The average molecular weight is 289 g/mol. The summed E-state index contributed by atoms with van der Waals surface area (Å²) >= 11 is 0. The van der Waals surface area contributed by atoms with Crippen molar-refractivity contribution in [2.45, 2.75) is 51.2 Å². The number of likely N-dealkylation sites (N-methyl/N-ethyl adjacent to an activating group) is 1. The van der Waals surface area contributed by atoms with E-state index in [2.05, 4.69) is 51.4 Å². The number of anilines is 1. The van der Waals surface area contributed by atoms with Gasteiger partial charge in [-0.15, -0.1) is 5.10 Å². The molecule has 21 heavy (non-hydrogen) atoms. The molecule has 0 aromatic carbocycles. The minimum atomic E-state index is 0.544. The van der Waals surface area contributed by atoms with Gasteiger partial charge in [0.2, 0.25) is 0 Å². The minimum Gasteiger partial charge on any atom is -0.351 e. The monoisotopic (exact) mass is 289 g/mol. The first-order chi connectivity index (χ1) is 10.3. The summed E-state index contributed by atoms with van der Waals surface area (Å²) in [5, 5.41) is 12.4. The van der Waals surface area contributed by atoms with E-state index in [1.807, 2.05) is 0 Å². The van der Waals surface area contributed by atoms with Gasteiger partial charge >= 0.3 is 0 Å². The molecule has 1 N–H and O–H groups in total. The summed E-state index contributed by atoms with van der Waals surface area (Å²) in [6.07, 6.45) is 4.96. The van der Waals surface area contributed by atoms with Gasteiger partial charge in [0.05, 0.1) is 5.69 Å². The molecular formula is C16H27N5. The van der Waals surface area contributed by atoms with Crippen LogP contribution < -0.4 is 10.2 Å². The highest BCUT2D eigenvalue weighted by molar-refractivity contribution is 5.39. The third-order valence-electron chi connectivity index (χ3n) is 4.52. The summed E-state index contributed by atoms with van der Waals surface area (Å²) in [6, 6.07) is 5.53. The lowest BCUT2D eigenvalue weighted by atomic mass is 10.2. The fourth-order valence-corrected chi connectivity index (χ4v) is 3.03. The van der Waals surface area contributed by atoms with Gasteiger partial charge in [-0.1, -0.05) is 6.92 Å². The van der Waals surface area contributed by atoms with Crippen molar-refractivity contribution in [3.63, 3.8) is 0 Å². The van der Waals surface area contributed by atoms with E-state index < -0.39 is 0 Å². The number of rotatable bonds is 5. The minimum absolute atomic E-state index is 0.544. The molecule has 1 aromatic rings. The van der Waals surface area contributed by atoms with Crippen LogP contribution >= 0.6 is 0 Å². The van der Waals surface area contributed by atoms with E-state index in [1.54, 1.807) is 0 Å². The van der Waals surface area contributed by atoms with Gasteiger partial charge in [-0.2, -0.15) is 5.10 Å². The Bertz CT molecular complexity index is 442. The molecule has 116 valence electrons. The molecule has 1 saturated carbocycles. The van der Waals surface area contributed by atoms with Crippen LogP contribution in [0, 0.1) is 0 Å². The maximum atomic E-state index is 4.48. The molecular weight excluding hydrogens is 262 g/mol.